The van der Waals surface area contributed by atoms with Crippen LogP contribution in [0.4, 0.5) is 0 Å². The van der Waals surface area contributed by atoms with E-state index in [9.17, 15) is 14.4 Å². The smallest absolute Gasteiger partial charge is 0.329 e. The van der Waals surface area contributed by atoms with E-state index in [0.29, 0.717) is 25.2 Å². The molecule has 4 aromatic rings. The van der Waals surface area contributed by atoms with Gasteiger partial charge in [0.25, 0.3) is 11.5 Å². The van der Waals surface area contributed by atoms with Crippen molar-refractivity contribution < 1.29 is 4.79 Å². The average molecular weight is 453 g/mol. The number of fused-ring (bicyclic) bond motifs is 2. The van der Waals surface area contributed by atoms with E-state index < -0.39 is 11.2 Å². The summed E-state index contributed by atoms with van der Waals surface area (Å²) in [5.41, 5.74) is 1.19. The Kier molecular flexibility index (Phi) is 6.40. The first kappa shape index (κ1) is 21.8. The first-order valence-electron chi connectivity index (χ1n) is 10.4. The predicted molar refractivity (Wildman–Crippen MR) is 126 cm³/mol. The van der Waals surface area contributed by atoms with Gasteiger partial charge in [0.1, 0.15) is 11.5 Å². The summed E-state index contributed by atoms with van der Waals surface area (Å²) in [6, 6.07) is 8.85. The summed E-state index contributed by atoms with van der Waals surface area (Å²) in [7, 11) is 0. The maximum atomic E-state index is 13.1. The lowest BCUT2D eigenvalue weighted by Crippen LogP contribution is -2.32. The minimum Gasteiger partial charge on any atom is -0.342 e. The Hall–Kier alpha value is -3.40. The highest BCUT2D eigenvalue weighted by atomic mass is 32.2. The van der Waals surface area contributed by atoms with Crippen molar-refractivity contribution in [1.29, 1.82) is 0 Å². The van der Waals surface area contributed by atoms with Crippen molar-refractivity contribution in [1.82, 2.24) is 29.8 Å². The highest BCUT2D eigenvalue weighted by Gasteiger charge is 2.20. The molecule has 0 fully saturated rings. The fourth-order valence-corrected chi connectivity index (χ4v) is 4.09. The summed E-state index contributed by atoms with van der Waals surface area (Å²) in [5.74, 6) is 1.15. The van der Waals surface area contributed by atoms with Gasteiger partial charge < -0.3 is 10.3 Å². The van der Waals surface area contributed by atoms with Crippen LogP contribution in [-0.2, 0) is 6.54 Å². The molecule has 1 aromatic carbocycles. The number of aromatic nitrogens is 5. The molecular formula is C22H24N6O3S. The molecule has 0 aliphatic heterocycles. The Morgan fingerprint density at radius 1 is 1.25 bits per heavy atom. The first-order valence-corrected chi connectivity index (χ1v) is 11.8. The monoisotopic (exact) mass is 452 g/mol. The molecule has 1 unspecified atom stereocenters. The van der Waals surface area contributed by atoms with Crippen LogP contribution in [0, 0.1) is 0 Å². The molecule has 0 bridgehead atoms. The van der Waals surface area contributed by atoms with Crippen LogP contribution in [0.25, 0.3) is 22.1 Å². The number of nitrogens with zero attached hydrogens (tertiary/aromatic N) is 3. The van der Waals surface area contributed by atoms with Gasteiger partial charge in [-0.25, -0.2) is 14.8 Å². The Morgan fingerprint density at radius 3 is 2.81 bits per heavy atom. The molecule has 0 saturated carbocycles. The molecule has 0 spiro atoms. The molecule has 1 amide bonds. The average Bonchev–Trinajstić information content (AvgIpc) is 3.23. The maximum absolute atomic E-state index is 13.1. The Balaban J connectivity index is 1.67. The normalized spacial score (nSPS) is 12.3. The molecule has 0 saturated heterocycles. The van der Waals surface area contributed by atoms with E-state index in [-0.39, 0.29) is 28.5 Å². The number of aryl methyl sites for hydroxylation is 1. The number of thioether (sulfide) groups is 1. The van der Waals surface area contributed by atoms with Crippen molar-refractivity contribution >= 4 is 39.7 Å². The zero-order valence-electron chi connectivity index (χ0n) is 17.8. The zero-order chi connectivity index (χ0) is 22.7. The summed E-state index contributed by atoms with van der Waals surface area (Å²) < 4.78 is 1.41. The lowest BCUT2D eigenvalue weighted by atomic mass is 10.1. The van der Waals surface area contributed by atoms with Gasteiger partial charge in [0, 0.05) is 12.7 Å². The van der Waals surface area contributed by atoms with Crippen LogP contribution >= 0.6 is 11.8 Å². The number of amides is 1. The van der Waals surface area contributed by atoms with Crippen molar-refractivity contribution in [2.24, 2.45) is 0 Å². The Bertz CT molecular complexity index is 1360. The number of carbonyl (C=O) groups is 1. The third kappa shape index (κ3) is 4.31. The van der Waals surface area contributed by atoms with E-state index in [1.54, 1.807) is 11.8 Å². The van der Waals surface area contributed by atoms with E-state index in [1.165, 1.54) is 16.8 Å². The number of imidazole rings is 1. The first-order chi connectivity index (χ1) is 15.5. The van der Waals surface area contributed by atoms with Crippen LogP contribution in [0.3, 0.4) is 0 Å². The third-order valence-electron chi connectivity index (χ3n) is 5.20. The van der Waals surface area contributed by atoms with E-state index in [4.69, 9.17) is 0 Å². The van der Waals surface area contributed by atoms with Crippen molar-refractivity contribution in [3.8, 4) is 0 Å². The Morgan fingerprint density at radius 2 is 2.06 bits per heavy atom. The second kappa shape index (κ2) is 9.39. The lowest BCUT2D eigenvalue weighted by molar-refractivity contribution is 0.0934. The number of pyridine rings is 1. The summed E-state index contributed by atoms with van der Waals surface area (Å²) in [6.07, 6.45) is 4.80. The molecule has 1 atom stereocenters. The largest absolute Gasteiger partial charge is 0.342 e. The standard InChI is InChI=1S/C22H24N6O3S/c1-3-9-28-19-14(21(30)27-22(28)31)11-13(12-23-19)20(29)26-17(8-10-32-2)18-24-15-6-4-5-7-16(15)25-18/h4-7,11-12,17H,3,8-10H2,1-2H3,(H,24,25)(H,26,29)(H,27,30,31). The second-order valence-corrected chi connectivity index (χ2v) is 8.44. The van der Waals surface area contributed by atoms with Gasteiger partial charge in [0.2, 0.25) is 0 Å². The number of aromatic amines is 2. The summed E-state index contributed by atoms with van der Waals surface area (Å²) in [4.78, 5) is 52.0. The molecule has 9 nitrogen and oxygen atoms in total. The Labute approximate surface area is 187 Å². The van der Waals surface area contributed by atoms with Crippen LogP contribution in [0.2, 0.25) is 0 Å². The lowest BCUT2D eigenvalue weighted by Gasteiger charge is -2.16. The quantitative estimate of drug-likeness (QED) is 0.377. The van der Waals surface area contributed by atoms with Gasteiger partial charge in [-0.3, -0.25) is 19.1 Å². The van der Waals surface area contributed by atoms with Crippen molar-refractivity contribution in [2.75, 3.05) is 12.0 Å². The van der Waals surface area contributed by atoms with E-state index in [0.717, 1.165) is 16.8 Å². The minimum atomic E-state index is -0.560. The number of benzene rings is 1. The molecule has 0 aliphatic carbocycles. The van der Waals surface area contributed by atoms with Gasteiger partial charge in [-0.2, -0.15) is 11.8 Å². The summed E-state index contributed by atoms with van der Waals surface area (Å²) >= 11 is 1.68. The van der Waals surface area contributed by atoms with Crippen molar-refractivity contribution in [2.45, 2.75) is 32.4 Å². The minimum absolute atomic E-state index is 0.204. The zero-order valence-corrected chi connectivity index (χ0v) is 18.7. The number of carbonyl (C=O) groups excluding carboxylic acids is 1. The topological polar surface area (TPSA) is 126 Å². The van der Waals surface area contributed by atoms with Crippen LogP contribution in [0.15, 0.2) is 46.1 Å². The van der Waals surface area contributed by atoms with Gasteiger partial charge in [-0.05, 0) is 43.0 Å². The number of H-pyrrole nitrogens is 2. The van der Waals surface area contributed by atoms with Gasteiger partial charge in [0.15, 0.2) is 0 Å². The van der Waals surface area contributed by atoms with Gasteiger partial charge in [-0.15, -0.1) is 0 Å². The second-order valence-electron chi connectivity index (χ2n) is 7.45. The number of rotatable bonds is 8. The van der Waals surface area contributed by atoms with Crippen LogP contribution in [0.5, 0.6) is 0 Å². The molecule has 3 heterocycles. The number of nitrogens with one attached hydrogen (secondary N) is 3. The fourth-order valence-electron chi connectivity index (χ4n) is 3.62. The molecule has 4 rings (SSSR count). The summed E-state index contributed by atoms with van der Waals surface area (Å²) in [6.45, 7) is 2.35. The highest BCUT2D eigenvalue weighted by molar-refractivity contribution is 7.98. The van der Waals surface area contributed by atoms with Gasteiger partial charge in [0.05, 0.1) is 28.0 Å². The van der Waals surface area contributed by atoms with Crippen LogP contribution in [0.1, 0.15) is 42.0 Å². The molecule has 32 heavy (non-hydrogen) atoms. The van der Waals surface area contributed by atoms with E-state index >= 15 is 0 Å². The summed E-state index contributed by atoms with van der Waals surface area (Å²) in [5, 5.41) is 3.22. The third-order valence-corrected chi connectivity index (χ3v) is 5.84. The van der Waals surface area contributed by atoms with E-state index in [1.807, 2.05) is 37.4 Å². The molecule has 166 valence electrons. The molecule has 0 radical (unpaired) electrons. The van der Waals surface area contributed by atoms with Gasteiger partial charge in [-0.1, -0.05) is 19.1 Å². The number of hydrogen-bond donors (Lipinski definition) is 3. The fraction of sp³-hybridized carbons (Fsp3) is 0.318. The van der Waals surface area contributed by atoms with Crippen molar-refractivity contribution in [3.05, 3.63) is 68.8 Å². The molecule has 3 aromatic heterocycles. The maximum Gasteiger partial charge on any atom is 0.329 e. The number of hydrogen-bond acceptors (Lipinski definition) is 6. The molecule has 10 heteroatoms. The van der Waals surface area contributed by atoms with Crippen molar-refractivity contribution in [3.63, 3.8) is 0 Å². The van der Waals surface area contributed by atoms with E-state index in [2.05, 4.69) is 25.3 Å². The molecule has 0 aliphatic rings. The van der Waals surface area contributed by atoms with Gasteiger partial charge >= 0.3 is 5.69 Å². The molecular weight excluding hydrogens is 428 g/mol. The molecule has 3 N–H and O–H groups in total. The van der Waals surface area contributed by atoms with Crippen LogP contribution in [-0.4, -0.2) is 42.4 Å². The number of para-hydroxylation sites is 2. The van der Waals surface area contributed by atoms with Crippen LogP contribution < -0.4 is 16.6 Å². The predicted octanol–water partition coefficient (Wildman–Crippen LogP) is 2.60. The SMILES string of the molecule is CCCn1c(=O)[nH]c(=O)c2cc(C(=O)NC(CCSC)c3nc4ccccc4[nH]3)cnc21. The highest BCUT2D eigenvalue weighted by Crippen LogP contribution is 2.21.